The van der Waals surface area contributed by atoms with E-state index in [-0.39, 0.29) is 21.9 Å². The van der Waals surface area contributed by atoms with Crippen molar-refractivity contribution in [1.82, 2.24) is 0 Å². The molecule has 0 saturated carbocycles. The highest BCUT2D eigenvalue weighted by molar-refractivity contribution is 6.32. The predicted octanol–water partition coefficient (Wildman–Crippen LogP) is 5.44. The Morgan fingerprint density at radius 3 is 2.29 bits per heavy atom. The van der Waals surface area contributed by atoms with Crippen LogP contribution < -0.4 is 0 Å². The summed E-state index contributed by atoms with van der Waals surface area (Å²) in [6.07, 6.45) is 2.95. The molecule has 0 amide bonds. The summed E-state index contributed by atoms with van der Waals surface area (Å²) in [6.45, 7) is 6.32. The highest BCUT2D eigenvalue weighted by Gasteiger charge is 2.14. The Labute approximate surface area is 145 Å². The van der Waals surface area contributed by atoms with Crippen LogP contribution in [-0.4, -0.2) is 10.7 Å². The number of carbonyl (C=O) groups is 1. The number of nitro benzene ring substituents is 1. The van der Waals surface area contributed by atoms with E-state index < -0.39 is 4.92 Å². The molecule has 0 aliphatic heterocycles. The molecule has 0 fully saturated rings. The maximum atomic E-state index is 12.2. The predicted molar refractivity (Wildman–Crippen MR) is 96.6 cm³/mol. The second kappa shape index (κ2) is 6.97. The summed E-state index contributed by atoms with van der Waals surface area (Å²) in [5, 5.41) is 10.9. The van der Waals surface area contributed by atoms with Crippen molar-refractivity contribution >= 4 is 29.1 Å². The Morgan fingerprint density at radius 1 is 1.12 bits per heavy atom. The molecule has 0 aromatic heterocycles. The van der Waals surface area contributed by atoms with E-state index >= 15 is 0 Å². The van der Waals surface area contributed by atoms with Gasteiger partial charge in [-0.05, 0) is 28.7 Å². The Hall–Kier alpha value is -2.46. The minimum Gasteiger partial charge on any atom is -0.289 e. The van der Waals surface area contributed by atoms with E-state index in [4.69, 9.17) is 11.6 Å². The van der Waals surface area contributed by atoms with E-state index in [1.165, 1.54) is 18.2 Å². The fourth-order valence-corrected chi connectivity index (χ4v) is 2.36. The van der Waals surface area contributed by atoms with E-state index in [0.717, 1.165) is 5.56 Å². The summed E-state index contributed by atoms with van der Waals surface area (Å²) in [5.41, 5.74) is 2.12. The third kappa shape index (κ3) is 4.30. The summed E-state index contributed by atoms with van der Waals surface area (Å²) in [7, 11) is 0. The van der Waals surface area contributed by atoms with Crippen LogP contribution in [0.2, 0.25) is 5.02 Å². The monoisotopic (exact) mass is 343 g/mol. The van der Waals surface area contributed by atoms with Crippen LogP contribution in [-0.2, 0) is 5.41 Å². The van der Waals surface area contributed by atoms with Crippen molar-refractivity contribution in [3.05, 3.63) is 80.4 Å². The van der Waals surface area contributed by atoms with Gasteiger partial charge >= 0.3 is 0 Å². The number of ketones is 1. The fraction of sp³-hybridized carbons (Fsp3) is 0.211. The molecule has 0 N–H and O–H groups in total. The van der Waals surface area contributed by atoms with Gasteiger partial charge in [0.05, 0.1) is 4.92 Å². The lowest BCUT2D eigenvalue weighted by Crippen LogP contribution is -2.11. The van der Waals surface area contributed by atoms with Crippen molar-refractivity contribution in [3.8, 4) is 0 Å². The normalized spacial score (nSPS) is 11.7. The molecule has 0 radical (unpaired) electrons. The maximum Gasteiger partial charge on any atom is 0.288 e. The Kier molecular flexibility index (Phi) is 5.20. The first-order valence-corrected chi connectivity index (χ1v) is 7.83. The van der Waals surface area contributed by atoms with E-state index in [1.54, 1.807) is 24.3 Å². The molecule has 0 spiro atoms. The van der Waals surface area contributed by atoms with Crippen LogP contribution in [0.3, 0.4) is 0 Å². The van der Waals surface area contributed by atoms with Gasteiger partial charge in [0.25, 0.3) is 5.69 Å². The molecule has 5 heteroatoms. The van der Waals surface area contributed by atoms with Crippen LogP contribution in [0.1, 0.15) is 42.3 Å². The summed E-state index contributed by atoms with van der Waals surface area (Å²) in [5.74, 6) is -0.159. The van der Waals surface area contributed by atoms with Crippen molar-refractivity contribution in [2.75, 3.05) is 0 Å². The molecule has 4 nitrogen and oxygen atoms in total. The quantitative estimate of drug-likeness (QED) is 0.321. The molecule has 0 aliphatic carbocycles. The maximum absolute atomic E-state index is 12.2. The van der Waals surface area contributed by atoms with Gasteiger partial charge in [-0.15, -0.1) is 0 Å². The van der Waals surface area contributed by atoms with E-state index in [1.807, 2.05) is 12.1 Å². The van der Waals surface area contributed by atoms with Gasteiger partial charge in [-0.25, -0.2) is 0 Å². The Balaban J connectivity index is 2.19. The molecular formula is C19H18ClNO3. The zero-order valence-corrected chi connectivity index (χ0v) is 14.5. The zero-order chi connectivity index (χ0) is 17.9. The lowest BCUT2D eigenvalue weighted by Gasteiger charge is -2.18. The van der Waals surface area contributed by atoms with Gasteiger partial charge < -0.3 is 0 Å². The Morgan fingerprint density at radius 2 is 1.75 bits per heavy atom. The summed E-state index contributed by atoms with van der Waals surface area (Å²) in [4.78, 5) is 22.5. The number of hydrogen-bond acceptors (Lipinski definition) is 3. The van der Waals surface area contributed by atoms with Crippen LogP contribution in [0.4, 0.5) is 5.69 Å². The second-order valence-electron chi connectivity index (χ2n) is 6.49. The average molecular weight is 344 g/mol. The molecule has 0 bridgehead atoms. The first-order chi connectivity index (χ1) is 11.2. The van der Waals surface area contributed by atoms with Gasteiger partial charge in [-0.2, -0.15) is 0 Å². The van der Waals surface area contributed by atoms with E-state index in [0.29, 0.717) is 11.1 Å². The van der Waals surface area contributed by atoms with Gasteiger partial charge in [-0.3, -0.25) is 14.9 Å². The first kappa shape index (κ1) is 17.9. The third-order valence-electron chi connectivity index (χ3n) is 3.63. The molecule has 24 heavy (non-hydrogen) atoms. The number of allylic oxidation sites excluding steroid dienone is 1. The van der Waals surface area contributed by atoms with Crippen molar-refractivity contribution < 1.29 is 9.72 Å². The SMILES string of the molecule is CC(C)(C)c1ccc(C(=O)/C=C/c2ccc(Cl)c([N+](=O)[O-])c2)cc1. The van der Waals surface area contributed by atoms with Gasteiger partial charge in [0.2, 0.25) is 0 Å². The number of halogens is 1. The van der Waals surface area contributed by atoms with Crippen molar-refractivity contribution in [2.45, 2.75) is 26.2 Å². The van der Waals surface area contributed by atoms with Crippen LogP contribution in [0.25, 0.3) is 6.08 Å². The second-order valence-corrected chi connectivity index (χ2v) is 6.90. The van der Waals surface area contributed by atoms with Gasteiger partial charge in [0.1, 0.15) is 5.02 Å². The molecule has 0 heterocycles. The van der Waals surface area contributed by atoms with Crippen LogP contribution in [0.15, 0.2) is 48.5 Å². The first-order valence-electron chi connectivity index (χ1n) is 7.45. The lowest BCUT2D eigenvalue weighted by atomic mass is 9.86. The zero-order valence-electron chi connectivity index (χ0n) is 13.7. The van der Waals surface area contributed by atoms with Crippen molar-refractivity contribution in [2.24, 2.45) is 0 Å². The van der Waals surface area contributed by atoms with Crippen molar-refractivity contribution in [3.63, 3.8) is 0 Å². The number of nitrogens with zero attached hydrogens (tertiary/aromatic N) is 1. The Bertz CT molecular complexity index is 802. The van der Waals surface area contributed by atoms with Crippen LogP contribution >= 0.6 is 11.6 Å². The molecule has 0 saturated heterocycles. The van der Waals surface area contributed by atoms with Crippen molar-refractivity contribution in [1.29, 1.82) is 0 Å². The summed E-state index contributed by atoms with van der Waals surface area (Å²) >= 11 is 5.77. The smallest absolute Gasteiger partial charge is 0.288 e. The molecule has 2 aromatic carbocycles. The van der Waals surface area contributed by atoms with Gasteiger partial charge in [0.15, 0.2) is 5.78 Å². The molecular weight excluding hydrogens is 326 g/mol. The number of carbonyl (C=O) groups excluding carboxylic acids is 1. The largest absolute Gasteiger partial charge is 0.289 e. The molecule has 2 rings (SSSR count). The number of benzene rings is 2. The molecule has 0 unspecified atom stereocenters. The number of nitro groups is 1. The number of hydrogen-bond donors (Lipinski definition) is 0. The highest BCUT2D eigenvalue weighted by Crippen LogP contribution is 2.26. The average Bonchev–Trinajstić information content (AvgIpc) is 2.52. The van der Waals surface area contributed by atoms with E-state index in [2.05, 4.69) is 20.8 Å². The molecule has 0 aliphatic rings. The van der Waals surface area contributed by atoms with Crippen LogP contribution in [0, 0.1) is 10.1 Å². The summed E-state index contributed by atoms with van der Waals surface area (Å²) in [6, 6.07) is 11.9. The molecule has 2 aromatic rings. The molecule has 0 atom stereocenters. The standard InChI is InChI=1S/C19H18ClNO3/c1-19(2,3)15-8-6-14(7-9-15)18(22)11-5-13-4-10-16(20)17(12-13)21(23)24/h4-12H,1-3H3/b11-5+. The fourth-order valence-electron chi connectivity index (χ4n) is 2.18. The van der Waals surface area contributed by atoms with Gasteiger partial charge in [0, 0.05) is 11.6 Å². The third-order valence-corrected chi connectivity index (χ3v) is 3.95. The topological polar surface area (TPSA) is 60.2 Å². The highest BCUT2D eigenvalue weighted by atomic mass is 35.5. The van der Waals surface area contributed by atoms with Gasteiger partial charge in [-0.1, -0.05) is 68.8 Å². The number of rotatable bonds is 4. The summed E-state index contributed by atoms with van der Waals surface area (Å²) < 4.78 is 0. The lowest BCUT2D eigenvalue weighted by molar-refractivity contribution is -0.384. The molecule has 124 valence electrons. The van der Waals surface area contributed by atoms with Crippen LogP contribution in [0.5, 0.6) is 0 Å². The minimum atomic E-state index is -0.549. The van der Waals surface area contributed by atoms with E-state index in [9.17, 15) is 14.9 Å². The minimum absolute atomic E-state index is 0.0274.